The standard InChI is InChI=1S/C17H16N2O2/c1-11-6-7-13-4-3-5-15(17(13)19-11)21-16-9-8-14(10-18-16)12(2)20/h3-10,12,20H,1-2H3. The Morgan fingerprint density at radius 2 is 1.95 bits per heavy atom. The van der Waals surface area contributed by atoms with Crippen molar-refractivity contribution < 1.29 is 9.84 Å². The summed E-state index contributed by atoms with van der Waals surface area (Å²) in [4.78, 5) is 8.74. The summed E-state index contributed by atoms with van der Waals surface area (Å²) >= 11 is 0. The van der Waals surface area contributed by atoms with Crippen LogP contribution in [0.2, 0.25) is 0 Å². The van der Waals surface area contributed by atoms with Crippen LogP contribution in [0.4, 0.5) is 0 Å². The van der Waals surface area contributed by atoms with Gasteiger partial charge in [0.1, 0.15) is 5.52 Å². The molecule has 0 saturated carbocycles. The van der Waals surface area contributed by atoms with E-state index < -0.39 is 6.10 Å². The van der Waals surface area contributed by atoms with E-state index in [9.17, 15) is 5.11 Å². The molecule has 4 heteroatoms. The van der Waals surface area contributed by atoms with Crippen LogP contribution in [0.3, 0.4) is 0 Å². The Labute approximate surface area is 123 Å². The molecule has 0 aliphatic heterocycles. The van der Waals surface area contributed by atoms with Crippen molar-refractivity contribution >= 4 is 10.9 Å². The normalized spacial score (nSPS) is 12.3. The first-order valence-electron chi connectivity index (χ1n) is 6.82. The number of ether oxygens (including phenoxy) is 1. The van der Waals surface area contributed by atoms with Gasteiger partial charge in [0.2, 0.25) is 5.88 Å². The number of hydrogen-bond acceptors (Lipinski definition) is 4. The second kappa shape index (κ2) is 5.50. The number of para-hydroxylation sites is 1. The molecule has 0 spiro atoms. The third-order valence-corrected chi connectivity index (χ3v) is 3.28. The number of aliphatic hydroxyl groups excluding tert-OH is 1. The summed E-state index contributed by atoms with van der Waals surface area (Å²) in [5.41, 5.74) is 2.52. The first-order valence-corrected chi connectivity index (χ1v) is 6.82. The summed E-state index contributed by atoms with van der Waals surface area (Å²) in [5.74, 6) is 1.16. The summed E-state index contributed by atoms with van der Waals surface area (Å²) in [6.45, 7) is 3.65. The van der Waals surface area contributed by atoms with Crippen LogP contribution >= 0.6 is 0 Å². The molecule has 0 fully saturated rings. The molecule has 4 nitrogen and oxygen atoms in total. The largest absolute Gasteiger partial charge is 0.437 e. The van der Waals surface area contributed by atoms with Crippen LogP contribution in [0.25, 0.3) is 10.9 Å². The van der Waals surface area contributed by atoms with Crippen molar-refractivity contribution in [3.63, 3.8) is 0 Å². The summed E-state index contributed by atoms with van der Waals surface area (Å²) in [6.07, 6.45) is 1.08. The molecular formula is C17H16N2O2. The van der Waals surface area contributed by atoms with Gasteiger partial charge < -0.3 is 9.84 Å². The Balaban J connectivity index is 1.96. The molecule has 2 aromatic heterocycles. The zero-order chi connectivity index (χ0) is 14.8. The Hall–Kier alpha value is -2.46. The van der Waals surface area contributed by atoms with E-state index in [0.717, 1.165) is 22.2 Å². The summed E-state index contributed by atoms with van der Waals surface area (Å²) in [5, 5.41) is 10.5. The van der Waals surface area contributed by atoms with Crippen molar-refractivity contribution in [2.75, 3.05) is 0 Å². The number of hydrogen-bond donors (Lipinski definition) is 1. The van der Waals surface area contributed by atoms with Crippen LogP contribution in [0.15, 0.2) is 48.7 Å². The number of aromatic nitrogens is 2. The lowest BCUT2D eigenvalue weighted by molar-refractivity contribution is 0.198. The van der Waals surface area contributed by atoms with Gasteiger partial charge in [-0.2, -0.15) is 0 Å². The molecular weight excluding hydrogens is 264 g/mol. The monoisotopic (exact) mass is 280 g/mol. The average Bonchev–Trinajstić information content (AvgIpc) is 2.48. The average molecular weight is 280 g/mol. The topological polar surface area (TPSA) is 55.2 Å². The van der Waals surface area contributed by atoms with Crippen LogP contribution in [0.1, 0.15) is 24.3 Å². The van der Waals surface area contributed by atoms with Crippen LogP contribution in [0, 0.1) is 6.92 Å². The Morgan fingerprint density at radius 3 is 2.67 bits per heavy atom. The fourth-order valence-electron chi connectivity index (χ4n) is 2.11. The maximum atomic E-state index is 9.49. The molecule has 3 rings (SSSR count). The van der Waals surface area contributed by atoms with E-state index >= 15 is 0 Å². The number of aryl methyl sites for hydroxylation is 1. The second-order valence-corrected chi connectivity index (χ2v) is 4.99. The zero-order valence-corrected chi connectivity index (χ0v) is 11.9. The summed E-state index contributed by atoms with van der Waals surface area (Å²) in [6, 6.07) is 13.3. The van der Waals surface area contributed by atoms with Crippen molar-refractivity contribution in [1.82, 2.24) is 9.97 Å². The fraction of sp³-hybridized carbons (Fsp3) is 0.176. The number of nitrogens with zero attached hydrogens (tertiary/aromatic N) is 2. The SMILES string of the molecule is Cc1ccc2cccc(Oc3ccc(C(C)O)cn3)c2n1. The Kier molecular flexibility index (Phi) is 3.54. The molecule has 0 amide bonds. The van der Waals surface area contributed by atoms with E-state index in [4.69, 9.17) is 4.74 Å². The molecule has 1 atom stereocenters. The van der Waals surface area contributed by atoms with E-state index in [1.165, 1.54) is 0 Å². The molecule has 106 valence electrons. The predicted molar refractivity (Wildman–Crippen MR) is 81.4 cm³/mol. The minimum atomic E-state index is -0.534. The van der Waals surface area contributed by atoms with Gasteiger partial charge >= 0.3 is 0 Å². The van der Waals surface area contributed by atoms with Gasteiger partial charge in [-0.1, -0.05) is 18.2 Å². The minimum Gasteiger partial charge on any atom is -0.437 e. The van der Waals surface area contributed by atoms with Crippen molar-refractivity contribution in [3.8, 4) is 11.6 Å². The summed E-state index contributed by atoms with van der Waals surface area (Å²) in [7, 11) is 0. The van der Waals surface area contributed by atoms with E-state index in [-0.39, 0.29) is 0 Å². The van der Waals surface area contributed by atoms with Gasteiger partial charge in [0, 0.05) is 23.3 Å². The molecule has 0 aliphatic carbocycles. The van der Waals surface area contributed by atoms with Crippen molar-refractivity contribution in [2.45, 2.75) is 20.0 Å². The maximum absolute atomic E-state index is 9.49. The quantitative estimate of drug-likeness (QED) is 0.793. The minimum absolute atomic E-state index is 0.482. The zero-order valence-electron chi connectivity index (χ0n) is 11.9. The molecule has 1 unspecified atom stereocenters. The van der Waals surface area contributed by atoms with Gasteiger partial charge in [0.25, 0.3) is 0 Å². The molecule has 0 radical (unpaired) electrons. The highest BCUT2D eigenvalue weighted by atomic mass is 16.5. The van der Waals surface area contributed by atoms with E-state index in [2.05, 4.69) is 9.97 Å². The van der Waals surface area contributed by atoms with Crippen LogP contribution in [-0.2, 0) is 0 Å². The van der Waals surface area contributed by atoms with E-state index in [1.54, 1.807) is 25.3 Å². The lowest BCUT2D eigenvalue weighted by Crippen LogP contribution is -1.95. The number of fused-ring (bicyclic) bond motifs is 1. The molecule has 3 aromatic rings. The first-order chi connectivity index (χ1) is 10.1. The predicted octanol–water partition coefficient (Wildman–Crippen LogP) is 3.78. The highest BCUT2D eigenvalue weighted by molar-refractivity contribution is 5.84. The molecule has 0 bridgehead atoms. The third-order valence-electron chi connectivity index (χ3n) is 3.28. The first kappa shape index (κ1) is 13.5. The smallest absolute Gasteiger partial charge is 0.219 e. The van der Waals surface area contributed by atoms with Crippen LogP contribution in [-0.4, -0.2) is 15.1 Å². The van der Waals surface area contributed by atoms with E-state index in [1.807, 2.05) is 37.3 Å². The van der Waals surface area contributed by atoms with Crippen molar-refractivity contribution in [3.05, 3.63) is 59.9 Å². The molecule has 2 heterocycles. The van der Waals surface area contributed by atoms with Crippen LogP contribution < -0.4 is 4.74 Å². The fourth-order valence-corrected chi connectivity index (χ4v) is 2.11. The lowest BCUT2D eigenvalue weighted by Gasteiger charge is -2.09. The van der Waals surface area contributed by atoms with E-state index in [0.29, 0.717) is 11.6 Å². The number of benzene rings is 1. The van der Waals surface area contributed by atoms with Crippen LogP contribution in [0.5, 0.6) is 11.6 Å². The lowest BCUT2D eigenvalue weighted by atomic mass is 10.2. The van der Waals surface area contributed by atoms with Gasteiger partial charge in [0.15, 0.2) is 5.75 Å². The summed E-state index contributed by atoms with van der Waals surface area (Å²) < 4.78 is 5.83. The molecule has 1 N–H and O–H groups in total. The number of pyridine rings is 2. The Morgan fingerprint density at radius 1 is 1.10 bits per heavy atom. The number of aliphatic hydroxyl groups is 1. The highest BCUT2D eigenvalue weighted by Crippen LogP contribution is 2.28. The van der Waals surface area contributed by atoms with Gasteiger partial charge in [-0.05, 0) is 37.6 Å². The van der Waals surface area contributed by atoms with Gasteiger partial charge in [0.05, 0.1) is 6.10 Å². The van der Waals surface area contributed by atoms with Crippen molar-refractivity contribution in [2.24, 2.45) is 0 Å². The van der Waals surface area contributed by atoms with Crippen molar-refractivity contribution in [1.29, 1.82) is 0 Å². The highest BCUT2D eigenvalue weighted by Gasteiger charge is 2.07. The molecule has 0 saturated heterocycles. The maximum Gasteiger partial charge on any atom is 0.219 e. The third kappa shape index (κ3) is 2.85. The van der Waals surface area contributed by atoms with Gasteiger partial charge in [-0.15, -0.1) is 0 Å². The molecule has 21 heavy (non-hydrogen) atoms. The Bertz CT molecular complexity index is 767. The van der Waals surface area contributed by atoms with Gasteiger partial charge in [-0.3, -0.25) is 0 Å². The second-order valence-electron chi connectivity index (χ2n) is 4.99. The number of rotatable bonds is 3. The molecule has 1 aromatic carbocycles. The molecule has 0 aliphatic rings. The van der Waals surface area contributed by atoms with Gasteiger partial charge in [-0.25, -0.2) is 9.97 Å².